The van der Waals surface area contributed by atoms with Crippen molar-refractivity contribution in [2.45, 2.75) is 50.9 Å². The molecule has 0 aliphatic carbocycles. The Hall–Kier alpha value is -7.00. The topological polar surface area (TPSA) is 184 Å². The van der Waals surface area contributed by atoms with Crippen LogP contribution < -0.4 is 10.6 Å². The lowest BCUT2D eigenvalue weighted by atomic mass is 9.98. The van der Waals surface area contributed by atoms with Crippen molar-refractivity contribution >= 4 is 34.8 Å². The molecule has 4 aromatic carbocycles. The van der Waals surface area contributed by atoms with Gasteiger partial charge in [-0.3, -0.25) is 9.59 Å². The molecule has 2 aromatic heterocycles. The van der Waals surface area contributed by atoms with Crippen molar-refractivity contribution < 1.29 is 33.4 Å². The molecule has 6 aromatic rings. The molecular weight excluding hydrogens is 789 g/mol. The number of H-pyrrole nitrogens is 2. The van der Waals surface area contributed by atoms with Crippen LogP contribution in [0.5, 0.6) is 0 Å². The molecular formula is C47H50N8O7. The van der Waals surface area contributed by atoms with E-state index in [0.29, 0.717) is 31.1 Å². The number of alkyl carbamates (subject to hydrolysis) is 2. The van der Waals surface area contributed by atoms with E-state index in [0.717, 1.165) is 63.1 Å². The molecule has 4 amide bonds. The van der Waals surface area contributed by atoms with Gasteiger partial charge in [0, 0.05) is 18.7 Å². The summed E-state index contributed by atoms with van der Waals surface area (Å²) in [5, 5.41) is 7.56. The number of morpholine rings is 1. The predicted octanol–water partition coefficient (Wildman–Crippen LogP) is 7.33. The summed E-state index contributed by atoms with van der Waals surface area (Å²) in [6, 6.07) is 27.7. The Morgan fingerprint density at radius 2 is 1.27 bits per heavy atom. The number of aromatic nitrogens is 4. The Bertz CT molecular complexity index is 2550. The van der Waals surface area contributed by atoms with Crippen molar-refractivity contribution in [3.8, 4) is 33.6 Å². The number of carbonyl (C=O) groups excluding carboxylic acids is 4. The fourth-order valence-electron chi connectivity index (χ4n) is 8.30. The van der Waals surface area contributed by atoms with Crippen LogP contribution in [0.4, 0.5) is 9.59 Å². The number of likely N-dealkylation sites (tertiary alicyclic amines) is 1. The highest BCUT2D eigenvalue weighted by Crippen LogP contribution is 2.35. The molecule has 2 saturated heterocycles. The number of hydrogen-bond donors (Lipinski definition) is 4. The normalized spacial score (nSPS) is 17.4. The molecule has 15 nitrogen and oxygen atoms in total. The monoisotopic (exact) mass is 838 g/mol. The molecule has 4 heterocycles. The van der Waals surface area contributed by atoms with Crippen LogP contribution in [0.15, 0.2) is 103 Å². The summed E-state index contributed by atoms with van der Waals surface area (Å²) in [5.41, 5.74) is 6.34. The number of imidazole rings is 2. The van der Waals surface area contributed by atoms with Gasteiger partial charge in [-0.1, -0.05) is 92.7 Å². The van der Waals surface area contributed by atoms with E-state index in [4.69, 9.17) is 19.2 Å². The molecule has 8 rings (SSSR count). The Morgan fingerprint density at radius 3 is 1.95 bits per heavy atom. The van der Waals surface area contributed by atoms with Gasteiger partial charge in [0.1, 0.15) is 29.8 Å². The van der Waals surface area contributed by atoms with Gasteiger partial charge in [0.25, 0.3) is 5.91 Å². The van der Waals surface area contributed by atoms with E-state index in [-0.39, 0.29) is 30.4 Å². The third kappa shape index (κ3) is 8.75. The average Bonchev–Trinajstić information content (AvgIpc) is 4.12. The van der Waals surface area contributed by atoms with Crippen LogP contribution in [0.1, 0.15) is 62.0 Å². The van der Waals surface area contributed by atoms with E-state index in [1.165, 1.54) is 14.2 Å². The maximum Gasteiger partial charge on any atom is 0.407 e. The number of ether oxygens (including phenoxy) is 3. The third-order valence-electron chi connectivity index (χ3n) is 11.7. The quantitative estimate of drug-likeness (QED) is 0.104. The zero-order valence-corrected chi connectivity index (χ0v) is 35.1. The first-order valence-electron chi connectivity index (χ1n) is 20.8. The van der Waals surface area contributed by atoms with Crippen LogP contribution in [0, 0.1) is 5.92 Å². The van der Waals surface area contributed by atoms with E-state index in [2.05, 4.69) is 74.1 Å². The lowest BCUT2D eigenvalue weighted by molar-refractivity contribution is -0.143. The minimum atomic E-state index is -0.940. The van der Waals surface area contributed by atoms with E-state index in [1.54, 1.807) is 23.2 Å². The van der Waals surface area contributed by atoms with Crippen molar-refractivity contribution in [2.75, 3.05) is 40.5 Å². The minimum absolute atomic E-state index is 0.112. The molecule has 2 aliphatic heterocycles. The van der Waals surface area contributed by atoms with Crippen LogP contribution in [0.3, 0.4) is 0 Å². The Labute approximate surface area is 359 Å². The highest BCUT2D eigenvalue weighted by atomic mass is 16.5. The molecule has 4 N–H and O–H groups in total. The van der Waals surface area contributed by atoms with Gasteiger partial charge in [-0.25, -0.2) is 19.6 Å². The molecule has 0 radical (unpaired) electrons. The lowest BCUT2D eigenvalue weighted by Crippen LogP contribution is -2.51. The van der Waals surface area contributed by atoms with Gasteiger partial charge in [-0.2, -0.15) is 0 Å². The Morgan fingerprint density at radius 1 is 0.694 bits per heavy atom. The van der Waals surface area contributed by atoms with Gasteiger partial charge < -0.3 is 44.6 Å². The molecule has 4 unspecified atom stereocenters. The van der Waals surface area contributed by atoms with Crippen molar-refractivity contribution in [3.63, 3.8) is 0 Å². The molecule has 4 atom stereocenters. The molecule has 0 spiro atoms. The number of carbonyl (C=O) groups is 4. The van der Waals surface area contributed by atoms with Crippen LogP contribution in [-0.2, 0) is 23.8 Å². The first-order valence-corrected chi connectivity index (χ1v) is 20.8. The largest absolute Gasteiger partial charge is 0.453 e. The second kappa shape index (κ2) is 18.3. The summed E-state index contributed by atoms with van der Waals surface area (Å²) in [4.78, 5) is 71.7. The summed E-state index contributed by atoms with van der Waals surface area (Å²) in [5.74, 6) is 0.767. The van der Waals surface area contributed by atoms with Gasteiger partial charge in [-0.15, -0.1) is 0 Å². The fraction of sp³-hybridized carbons (Fsp3) is 0.319. The zero-order chi connectivity index (χ0) is 43.3. The summed E-state index contributed by atoms with van der Waals surface area (Å²) >= 11 is 0. The van der Waals surface area contributed by atoms with Crippen molar-refractivity contribution in [1.82, 2.24) is 40.4 Å². The number of hydrogen-bond acceptors (Lipinski definition) is 9. The van der Waals surface area contributed by atoms with E-state index in [9.17, 15) is 19.2 Å². The van der Waals surface area contributed by atoms with E-state index in [1.807, 2.05) is 55.3 Å². The van der Waals surface area contributed by atoms with Crippen molar-refractivity contribution in [2.24, 2.45) is 5.92 Å². The summed E-state index contributed by atoms with van der Waals surface area (Å²) < 4.78 is 15.4. The van der Waals surface area contributed by atoms with Gasteiger partial charge in [0.15, 0.2) is 0 Å². The summed E-state index contributed by atoms with van der Waals surface area (Å²) in [6.07, 6.45) is 3.87. The average molecular weight is 839 g/mol. The lowest BCUT2D eigenvalue weighted by Gasteiger charge is -2.36. The first kappa shape index (κ1) is 41.7. The summed E-state index contributed by atoms with van der Waals surface area (Å²) in [6.45, 7) is 5.34. The maximum atomic E-state index is 14.0. The number of aromatic amines is 2. The van der Waals surface area contributed by atoms with Gasteiger partial charge >= 0.3 is 12.2 Å². The number of nitrogens with one attached hydrogen (secondary N) is 4. The Balaban J connectivity index is 0.950. The second-order valence-corrected chi connectivity index (χ2v) is 15.9. The third-order valence-corrected chi connectivity index (χ3v) is 11.7. The maximum absolute atomic E-state index is 14.0. The highest BCUT2D eigenvalue weighted by Gasteiger charge is 2.38. The van der Waals surface area contributed by atoms with E-state index >= 15 is 0 Å². The number of benzene rings is 4. The Kier molecular flexibility index (Phi) is 12.3. The summed E-state index contributed by atoms with van der Waals surface area (Å²) in [7, 11) is 2.56. The molecule has 2 fully saturated rings. The fourth-order valence-corrected chi connectivity index (χ4v) is 8.30. The second-order valence-electron chi connectivity index (χ2n) is 15.9. The number of rotatable bonds is 11. The van der Waals surface area contributed by atoms with Crippen LogP contribution in [0.25, 0.3) is 44.4 Å². The molecule has 2 aliphatic rings. The molecule has 15 heteroatoms. The van der Waals surface area contributed by atoms with Gasteiger partial charge in [0.2, 0.25) is 5.91 Å². The zero-order valence-electron chi connectivity index (χ0n) is 35.1. The van der Waals surface area contributed by atoms with Gasteiger partial charge in [-0.05, 0) is 63.9 Å². The standard InChI is InChI=1S/C47H50N8O7/c1-28(2)40(52-46(58)60-3)44(56)54-20-8-11-38(54)42-48-26-37(51-42)35-19-18-33-23-32(16-17-34(33)24-35)29-12-14-30(15-13-29)36-25-49-43(50-36)39-27-62-22-21-55(39)45(57)41(53-47(59)61-4)31-9-6-5-7-10-31/h5-7,9-10,12-19,23-26,28,38-41H,8,11,20-22,27H2,1-4H3,(H,48,51)(H,49,50)(H,52,58)(H,53,59). The minimum Gasteiger partial charge on any atom is -0.453 e. The van der Waals surface area contributed by atoms with Crippen LogP contribution >= 0.6 is 0 Å². The molecule has 0 bridgehead atoms. The first-order chi connectivity index (χ1) is 30.1. The SMILES string of the molecule is COC(=O)NC(C(=O)N1CCOCC1c1ncc(-c2ccc(-c3ccc4cc(-c5cnc(C6CCCN6C(=O)C(NC(=O)OC)C(C)C)[nH]5)ccc4c3)cc2)[nH]1)c1ccccc1. The number of amides is 4. The smallest absolute Gasteiger partial charge is 0.407 e. The van der Waals surface area contributed by atoms with Crippen molar-refractivity contribution in [3.05, 3.63) is 121 Å². The van der Waals surface area contributed by atoms with Crippen LogP contribution in [-0.4, -0.2) is 100 Å². The van der Waals surface area contributed by atoms with Gasteiger partial charge in [0.05, 0.1) is 57.3 Å². The number of nitrogens with zero attached hydrogens (tertiary/aromatic N) is 4. The molecule has 62 heavy (non-hydrogen) atoms. The number of fused-ring (bicyclic) bond motifs is 1. The predicted molar refractivity (Wildman–Crippen MR) is 232 cm³/mol. The molecule has 0 saturated carbocycles. The van der Waals surface area contributed by atoms with E-state index < -0.39 is 30.3 Å². The van der Waals surface area contributed by atoms with Crippen molar-refractivity contribution in [1.29, 1.82) is 0 Å². The van der Waals surface area contributed by atoms with Crippen LogP contribution in [0.2, 0.25) is 0 Å². The highest BCUT2D eigenvalue weighted by molar-refractivity contribution is 5.91. The number of methoxy groups -OCH3 is 2. The molecule has 320 valence electrons.